The first-order chi connectivity index (χ1) is 14.0. The Labute approximate surface area is 167 Å². The normalized spacial score (nSPS) is 11.0. The van der Waals surface area contributed by atoms with E-state index >= 15 is 0 Å². The number of hydrogen-bond acceptors (Lipinski definition) is 4. The fraction of sp³-hybridized carbons (Fsp3) is 0.174. The quantitative estimate of drug-likeness (QED) is 0.568. The van der Waals surface area contributed by atoms with Gasteiger partial charge < -0.3 is 14.3 Å². The van der Waals surface area contributed by atoms with Crippen LogP contribution in [0.3, 0.4) is 0 Å². The van der Waals surface area contributed by atoms with Crippen LogP contribution in [0.4, 0.5) is 0 Å². The van der Waals surface area contributed by atoms with E-state index in [1.807, 2.05) is 49.4 Å². The van der Waals surface area contributed by atoms with Crippen molar-refractivity contribution in [2.75, 3.05) is 0 Å². The molecule has 146 valence electrons. The lowest BCUT2D eigenvalue weighted by molar-refractivity contribution is 0.0947. The number of nitrogens with one attached hydrogen (secondary N) is 1. The largest absolute Gasteiger partial charge is 0.465 e. The summed E-state index contributed by atoms with van der Waals surface area (Å²) in [6.07, 6.45) is 1.74. The molecule has 0 saturated heterocycles. The van der Waals surface area contributed by atoms with Gasteiger partial charge in [0, 0.05) is 6.20 Å². The molecule has 0 aliphatic rings. The van der Waals surface area contributed by atoms with E-state index in [0.29, 0.717) is 34.5 Å². The van der Waals surface area contributed by atoms with E-state index in [1.54, 1.807) is 29.8 Å². The predicted octanol–water partition coefficient (Wildman–Crippen LogP) is 3.58. The summed E-state index contributed by atoms with van der Waals surface area (Å²) in [5, 5.41) is 3.25. The molecule has 1 amide bonds. The molecule has 1 aromatic carbocycles. The van der Waals surface area contributed by atoms with Gasteiger partial charge >= 0.3 is 0 Å². The number of rotatable bonds is 5. The number of pyridine rings is 2. The number of fused-ring (bicyclic) bond motifs is 1. The van der Waals surface area contributed by atoms with Crippen LogP contribution in [0.25, 0.3) is 10.9 Å². The van der Waals surface area contributed by atoms with E-state index < -0.39 is 0 Å². The number of hydrogen-bond donors (Lipinski definition) is 1. The average molecular weight is 387 g/mol. The third-order valence-electron chi connectivity index (χ3n) is 4.81. The van der Waals surface area contributed by atoms with Crippen LogP contribution in [0.15, 0.2) is 70.0 Å². The smallest absolute Gasteiger partial charge is 0.260 e. The molecule has 6 nitrogen and oxygen atoms in total. The molecule has 1 N–H and O–H groups in total. The maximum Gasteiger partial charge on any atom is 0.260 e. The van der Waals surface area contributed by atoms with Crippen LogP contribution in [0.1, 0.15) is 33.1 Å². The van der Waals surface area contributed by atoms with Gasteiger partial charge in [0.1, 0.15) is 11.5 Å². The summed E-state index contributed by atoms with van der Waals surface area (Å²) in [6, 6.07) is 16.9. The minimum Gasteiger partial charge on any atom is -0.465 e. The number of aryl methyl sites for hydroxylation is 2. The average Bonchev–Trinajstić information content (AvgIpc) is 3.14. The van der Waals surface area contributed by atoms with Crippen molar-refractivity contribution < 1.29 is 9.21 Å². The van der Waals surface area contributed by atoms with E-state index in [2.05, 4.69) is 10.3 Å². The van der Waals surface area contributed by atoms with Crippen molar-refractivity contribution in [2.45, 2.75) is 26.9 Å². The summed E-state index contributed by atoms with van der Waals surface area (Å²) in [6.45, 7) is 4.35. The zero-order valence-corrected chi connectivity index (χ0v) is 16.3. The van der Waals surface area contributed by atoms with Gasteiger partial charge in [-0.05, 0) is 43.7 Å². The summed E-state index contributed by atoms with van der Waals surface area (Å²) < 4.78 is 7.10. The van der Waals surface area contributed by atoms with Crippen LogP contribution in [0.2, 0.25) is 0 Å². The van der Waals surface area contributed by atoms with Crippen LogP contribution < -0.4 is 10.9 Å². The van der Waals surface area contributed by atoms with Crippen molar-refractivity contribution >= 4 is 16.8 Å². The highest BCUT2D eigenvalue weighted by atomic mass is 16.3. The molecular weight excluding hydrogens is 366 g/mol. The number of carbonyl (C=O) groups is 1. The van der Waals surface area contributed by atoms with Gasteiger partial charge in [0.05, 0.1) is 35.2 Å². The van der Waals surface area contributed by atoms with Crippen LogP contribution in [0.5, 0.6) is 0 Å². The number of aromatic nitrogens is 2. The number of carbonyl (C=O) groups excluding carboxylic acids is 1. The standard InChI is InChI=1S/C23H21N3O3/c1-15-8-9-18(29-15)13-24-22(27)19-12-20-21(25-16(19)2)10-11-26(23(20)28)14-17-6-4-3-5-7-17/h3-12H,13-14H2,1-2H3,(H,24,27). The zero-order valence-electron chi connectivity index (χ0n) is 16.3. The molecule has 0 atom stereocenters. The van der Waals surface area contributed by atoms with E-state index in [4.69, 9.17) is 4.42 Å². The minimum atomic E-state index is -0.288. The van der Waals surface area contributed by atoms with Crippen LogP contribution in [-0.4, -0.2) is 15.5 Å². The fourth-order valence-electron chi connectivity index (χ4n) is 3.28. The Kier molecular flexibility index (Phi) is 4.99. The molecule has 0 unspecified atom stereocenters. The second-order valence-electron chi connectivity index (χ2n) is 6.98. The lowest BCUT2D eigenvalue weighted by atomic mass is 10.1. The van der Waals surface area contributed by atoms with Crippen molar-refractivity contribution in [3.63, 3.8) is 0 Å². The Balaban J connectivity index is 1.64. The van der Waals surface area contributed by atoms with E-state index in [9.17, 15) is 9.59 Å². The Hall–Kier alpha value is -3.67. The molecule has 0 fully saturated rings. The summed E-state index contributed by atoms with van der Waals surface area (Å²) in [4.78, 5) is 30.1. The van der Waals surface area contributed by atoms with Crippen molar-refractivity contribution in [1.29, 1.82) is 0 Å². The Morgan fingerprint density at radius 2 is 1.90 bits per heavy atom. The van der Waals surface area contributed by atoms with Gasteiger partial charge in [0.2, 0.25) is 0 Å². The molecule has 0 saturated carbocycles. The van der Waals surface area contributed by atoms with Gasteiger partial charge in [0.25, 0.3) is 11.5 Å². The number of benzene rings is 1. The second-order valence-corrected chi connectivity index (χ2v) is 6.98. The molecular formula is C23H21N3O3. The van der Waals surface area contributed by atoms with Crippen molar-refractivity contribution in [1.82, 2.24) is 14.9 Å². The first-order valence-corrected chi connectivity index (χ1v) is 9.39. The SMILES string of the molecule is Cc1ccc(CNC(=O)c2cc3c(=O)n(Cc4ccccc4)ccc3nc2C)o1. The van der Waals surface area contributed by atoms with E-state index in [-0.39, 0.29) is 18.0 Å². The summed E-state index contributed by atoms with van der Waals surface area (Å²) in [7, 11) is 0. The van der Waals surface area contributed by atoms with Crippen molar-refractivity contribution in [3.8, 4) is 0 Å². The van der Waals surface area contributed by atoms with Crippen LogP contribution in [-0.2, 0) is 13.1 Å². The van der Waals surface area contributed by atoms with Crippen molar-refractivity contribution in [2.24, 2.45) is 0 Å². The topological polar surface area (TPSA) is 77.1 Å². The van der Waals surface area contributed by atoms with Crippen LogP contribution in [0, 0.1) is 13.8 Å². The van der Waals surface area contributed by atoms with Gasteiger partial charge in [-0.15, -0.1) is 0 Å². The summed E-state index contributed by atoms with van der Waals surface area (Å²) in [5.41, 5.74) is 2.39. The molecule has 3 aromatic heterocycles. The monoisotopic (exact) mass is 387 g/mol. The highest BCUT2D eigenvalue weighted by Crippen LogP contribution is 2.15. The van der Waals surface area contributed by atoms with Gasteiger partial charge in [-0.25, -0.2) is 0 Å². The van der Waals surface area contributed by atoms with Gasteiger partial charge in [-0.1, -0.05) is 30.3 Å². The number of furan rings is 1. The lowest BCUT2D eigenvalue weighted by Gasteiger charge is -2.10. The maximum atomic E-state index is 13.0. The highest BCUT2D eigenvalue weighted by Gasteiger charge is 2.14. The van der Waals surface area contributed by atoms with Crippen molar-refractivity contribution in [3.05, 3.63) is 99.5 Å². The first kappa shape index (κ1) is 18.7. The minimum absolute atomic E-state index is 0.172. The Morgan fingerprint density at radius 3 is 2.62 bits per heavy atom. The summed E-state index contributed by atoms with van der Waals surface area (Å²) in [5.74, 6) is 1.17. The molecule has 0 aliphatic heterocycles. The molecule has 4 rings (SSSR count). The highest BCUT2D eigenvalue weighted by molar-refractivity contribution is 5.98. The molecule has 3 heterocycles. The van der Waals surface area contributed by atoms with Crippen LogP contribution >= 0.6 is 0 Å². The third kappa shape index (κ3) is 3.96. The fourth-order valence-corrected chi connectivity index (χ4v) is 3.28. The zero-order chi connectivity index (χ0) is 20.4. The Bertz CT molecular complexity index is 1240. The second kappa shape index (κ2) is 7.75. The molecule has 0 aliphatic carbocycles. The summed E-state index contributed by atoms with van der Waals surface area (Å²) >= 11 is 0. The molecule has 29 heavy (non-hydrogen) atoms. The van der Waals surface area contributed by atoms with Gasteiger partial charge in [0.15, 0.2) is 0 Å². The van der Waals surface area contributed by atoms with E-state index in [1.165, 1.54) is 0 Å². The molecule has 0 spiro atoms. The molecule has 0 bridgehead atoms. The van der Waals surface area contributed by atoms with E-state index in [0.717, 1.165) is 11.3 Å². The lowest BCUT2D eigenvalue weighted by Crippen LogP contribution is -2.25. The third-order valence-corrected chi connectivity index (χ3v) is 4.81. The van der Waals surface area contributed by atoms with Gasteiger partial charge in [-0.2, -0.15) is 0 Å². The molecule has 0 radical (unpaired) electrons. The maximum absolute atomic E-state index is 13.0. The Morgan fingerprint density at radius 1 is 1.10 bits per heavy atom. The number of nitrogens with zero attached hydrogens (tertiary/aromatic N) is 2. The van der Waals surface area contributed by atoms with Gasteiger partial charge in [-0.3, -0.25) is 14.6 Å². The molecule has 6 heteroatoms. The first-order valence-electron chi connectivity index (χ1n) is 9.39. The molecule has 4 aromatic rings. The predicted molar refractivity (Wildman–Crippen MR) is 111 cm³/mol. The number of amides is 1.